The van der Waals surface area contributed by atoms with Crippen molar-refractivity contribution in [3.8, 4) is 0 Å². The number of carbonyl (C=O) groups excluding carboxylic acids is 2. The highest BCUT2D eigenvalue weighted by Gasteiger charge is 2.07. The minimum atomic E-state index is 0.00444. The summed E-state index contributed by atoms with van der Waals surface area (Å²) in [5.41, 5.74) is 1.35. The molecule has 1 amide bonds. The average molecular weight is 247 g/mol. The quantitative estimate of drug-likeness (QED) is 0.780. The zero-order valence-corrected chi connectivity index (χ0v) is 11.3. The van der Waals surface area contributed by atoms with Gasteiger partial charge in [0.25, 0.3) is 0 Å². The topological polar surface area (TPSA) is 46.2 Å². The molecule has 0 aliphatic heterocycles. The molecule has 0 fully saturated rings. The standard InChI is InChI=1S/C15H21NO2/c1-4-14(17)12-6-5-7-13(10-12)16-15(18)9-8-11(2)3/h5-7,10-11H,4,8-9H2,1-3H3,(H,16,18). The Balaban J connectivity index is 2.62. The highest BCUT2D eigenvalue weighted by molar-refractivity contribution is 5.98. The summed E-state index contributed by atoms with van der Waals surface area (Å²) >= 11 is 0. The van der Waals surface area contributed by atoms with Gasteiger partial charge in [0.15, 0.2) is 5.78 Å². The minimum Gasteiger partial charge on any atom is -0.326 e. The molecule has 3 heteroatoms. The number of Topliss-reactive ketones (excluding diaryl/α,β-unsaturated/α-hetero) is 1. The Hall–Kier alpha value is -1.64. The van der Waals surface area contributed by atoms with Crippen LogP contribution < -0.4 is 5.32 Å². The van der Waals surface area contributed by atoms with Crippen molar-refractivity contribution in [2.24, 2.45) is 5.92 Å². The molecule has 1 N–H and O–H groups in total. The van der Waals surface area contributed by atoms with Crippen LogP contribution in [0.4, 0.5) is 5.69 Å². The molecular weight excluding hydrogens is 226 g/mol. The van der Waals surface area contributed by atoms with E-state index in [0.29, 0.717) is 30.0 Å². The van der Waals surface area contributed by atoms with Gasteiger partial charge in [-0.25, -0.2) is 0 Å². The molecule has 0 saturated heterocycles. The van der Waals surface area contributed by atoms with Gasteiger partial charge in [-0.15, -0.1) is 0 Å². The van der Waals surface area contributed by atoms with E-state index in [1.54, 1.807) is 24.3 Å². The summed E-state index contributed by atoms with van der Waals surface area (Å²) in [4.78, 5) is 23.2. The number of hydrogen-bond acceptors (Lipinski definition) is 2. The number of anilines is 1. The van der Waals surface area contributed by atoms with Gasteiger partial charge >= 0.3 is 0 Å². The minimum absolute atomic E-state index is 0.00444. The van der Waals surface area contributed by atoms with Crippen molar-refractivity contribution in [3.63, 3.8) is 0 Å². The van der Waals surface area contributed by atoms with E-state index in [1.165, 1.54) is 0 Å². The number of hydrogen-bond donors (Lipinski definition) is 1. The molecule has 0 spiro atoms. The molecule has 0 bridgehead atoms. The number of amides is 1. The first kappa shape index (κ1) is 14.4. The van der Waals surface area contributed by atoms with Crippen LogP contribution in [0, 0.1) is 5.92 Å². The lowest BCUT2D eigenvalue weighted by Gasteiger charge is -2.08. The van der Waals surface area contributed by atoms with E-state index in [-0.39, 0.29) is 11.7 Å². The summed E-state index contributed by atoms with van der Waals surface area (Å²) in [6.07, 6.45) is 1.87. The molecule has 18 heavy (non-hydrogen) atoms. The van der Waals surface area contributed by atoms with Gasteiger partial charge in [0.05, 0.1) is 0 Å². The smallest absolute Gasteiger partial charge is 0.224 e. The van der Waals surface area contributed by atoms with E-state index >= 15 is 0 Å². The molecule has 98 valence electrons. The summed E-state index contributed by atoms with van der Waals surface area (Å²) in [7, 11) is 0. The molecule has 1 aromatic rings. The van der Waals surface area contributed by atoms with E-state index in [2.05, 4.69) is 19.2 Å². The molecule has 0 heterocycles. The molecular formula is C15H21NO2. The first-order valence-corrected chi connectivity index (χ1v) is 6.46. The highest BCUT2D eigenvalue weighted by Crippen LogP contribution is 2.13. The van der Waals surface area contributed by atoms with Gasteiger partial charge in [0.2, 0.25) is 5.91 Å². The van der Waals surface area contributed by atoms with Gasteiger partial charge in [0.1, 0.15) is 0 Å². The number of benzene rings is 1. The molecule has 1 aromatic carbocycles. The van der Waals surface area contributed by atoms with Gasteiger partial charge in [-0.1, -0.05) is 32.9 Å². The van der Waals surface area contributed by atoms with Crippen LogP contribution in [-0.2, 0) is 4.79 Å². The van der Waals surface area contributed by atoms with Gasteiger partial charge in [0, 0.05) is 24.1 Å². The predicted octanol–water partition coefficient (Wildman–Crippen LogP) is 3.65. The molecule has 0 unspecified atom stereocenters. The normalized spacial score (nSPS) is 10.4. The summed E-state index contributed by atoms with van der Waals surface area (Å²) in [5, 5.41) is 2.83. The Morgan fingerprint density at radius 1 is 1.28 bits per heavy atom. The van der Waals surface area contributed by atoms with Crippen molar-refractivity contribution in [1.29, 1.82) is 0 Å². The molecule has 1 rings (SSSR count). The fourth-order valence-corrected chi connectivity index (χ4v) is 1.62. The van der Waals surface area contributed by atoms with Crippen LogP contribution in [0.3, 0.4) is 0 Å². The lowest BCUT2D eigenvalue weighted by atomic mass is 10.1. The third-order valence-corrected chi connectivity index (χ3v) is 2.74. The number of nitrogens with one attached hydrogen (secondary N) is 1. The lowest BCUT2D eigenvalue weighted by molar-refractivity contribution is -0.116. The summed E-state index contributed by atoms with van der Waals surface area (Å²) in [5.74, 6) is 0.613. The van der Waals surface area contributed by atoms with E-state index in [0.717, 1.165) is 6.42 Å². The molecule has 0 atom stereocenters. The highest BCUT2D eigenvalue weighted by atomic mass is 16.1. The maximum Gasteiger partial charge on any atom is 0.224 e. The summed E-state index contributed by atoms with van der Waals surface area (Å²) in [6.45, 7) is 6.01. The van der Waals surface area contributed by atoms with E-state index in [9.17, 15) is 9.59 Å². The van der Waals surface area contributed by atoms with Crippen LogP contribution in [-0.4, -0.2) is 11.7 Å². The number of rotatable bonds is 6. The average Bonchev–Trinajstić information content (AvgIpc) is 2.35. The van der Waals surface area contributed by atoms with Crippen molar-refractivity contribution in [1.82, 2.24) is 0 Å². The first-order chi connectivity index (χ1) is 8.52. The Morgan fingerprint density at radius 2 is 2.00 bits per heavy atom. The molecule has 0 aliphatic carbocycles. The van der Waals surface area contributed by atoms with Gasteiger partial charge < -0.3 is 5.32 Å². The fourth-order valence-electron chi connectivity index (χ4n) is 1.62. The fraction of sp³-hybridized carbons (Fsp3) is 0.467. The molecule has 3 nitrogen and oxygen atoms in total. The van der Waals surface area contributed by atoms with Crippen molar-refractivity contribution < 1.29 is 9.59 Å². The summed E-state index contributed by atoms with van der Waals surface area (Å²) < 4.78 is 0. The Bertz CT molecular complexity index is 424. The maximum absolute atomic E-state index is 11.7. The Labute approximate surface area is 109 Å². The zero-order valence-electron chi connectivity index (χ0n) is 11.3. The van der Waals surface area contributed by atoms with Crippen LogP contribution in [0.5, 0.6) is 0 Å². The van der Waals surface area contributed by atoms with Crippen LogP contribution in [0.1, 0.15) is 50.4 Å². The number of carbonyl (C=O) groups is 2. The SMILES string of the molecule is CCC(=O)c1cccc(NC(=O)CCC(C)C)c1. The van der Waals surface area contributed by atoms with Crippen molar-refractivity contribution in [2.75, 3.05) is 5.32 Å². The van der Waals surface area contributed by atoms with Crippen molar-refractivity contribution in [2.45, 2.75) is 40.0 Å². The van der Waals surface area contributed by atoms with Crippen LogP contribution in [0.25, 0.3) is 0 Å². The Morgan fingerprint density at radius 3 is 2.61 bits per heavy atom. The van der Waals surface area contributed by atoms with E-state index in [1.807, 2.05) is 6.92 Å². The van der Waals surface area contributed by atoms with Crippen molar-refractivity contribution in [3.05, 3.63) is 29.8 Å². The second-order valence-electron chi connectivity index (χ2n) is 4.84. The van der Waals surface area contributed by atoms with Gasteiger partial charge in [-0.3, -0.25) is 9.59 Å². The van der Waals surface area contributed by atoms with Crippen LogP contribution >= 0.6 is 0 Å². The molecule has 0 saturated carbocycles. The second kappa shape index (κ2) is 6.94. The van der Waals surface area contributed by atoms with Crippen LogP contribution in [0.15, 0.2) is 24.3 Å². The third kappa shape index (κ3) is 4.70. The zero-order chi connectivity index (χ0) is 13.5. The largest absolute Gasteiger partial charge is 0.326 e. The monoisotopic (exact) mass is 247 g/mol. The van der Waals surface area contributed by atoms with E-state index in [4.69, 9.17) is 0 Å². The first-order valence-electron chi connectivity index (χ1n) is 6.46. The van der Waals surface area contributed by atoms with Crippen molar-refractivity contribution >= 4 is 17.4 Å². The van der Waals surface area contributed by atoms with Gasteiger partial charge in [-0.2, -0.15) is 0 Å². The van der Waals surface area contributed by atoms with E-state index < -0.39 is 0 Å². The lowest BCUT2D eigenvalue weighted by Crippen LogP contribution is -2.12. The Kier molecular flexibility index (Phi) is 5.56. The maximum atomic E-state index is 11.7. The number of ketones is 1. The predicted molar refractivity (Wildman–Crippen MR) is 73.8 cm³/mol. The summed E-state index contributed by atoms with van der Waals surface area (Å²) in [6, 6.07) is 7.11. The third-order valence-electron chi connectivity index (χ3n) is 2.74. The second-order valence-corrected chi connectivity index (χ2v) is 4.84. The molecule has 0 radical (unpaired) electrons. The molecule has 0 aliphatic rings. The van der Waals surface area contributed by atoms with Crippen LogP contribution in [0.2, 0.25) is 0 Å². The molecule has 0 aromatic heterocycles. The van der Waals surface area contributed by atoms with Gasteiger partial charge in [-0.05, 0) is 24.5 Å².